The minimum atomic E-state index is -4.24. The van der Waals surface area contributed by atoms with Crippen LogP contribution in [0.1, 0.15) is 79.3 Å². The second-order valence-electron chi connectivity index (χ2n) is 20.4. The van der Waals surface area contributed by atoms with Crippen molar-refractivity contribution in [3.05, 3.63) is 112 Å². The Bertz CT molecular complexity index is 3210. The molecule has 2 atom stereocenters. The van der Waals surface area contributed by atoms with Crippen LogP contribution in [0.2, 0.25) is 0 Å². The number of amides is 3. The van der Waals surface area contributed by atoms with E-state index in [0.29, 0.717) is 41.1 Å². The zero-order valence-corrected chi connectivity index (χ0v) is 41.1. The number of benzene rings is 4. The van der Waals surface area contributed by atoms with E-state index in [9.17, 15) is 37.2 Å². The monoisotopic (exact) mass is 1010 g/mol. The highest BCUT2D eigenvalue weighted by Gasteiger charge is 2.41. The van der Waals surface area contributed by atoms with E-state index in [1.807, 2.05) is 42.5 Å². The third-order valence-corrected chi connectivity index (χ3v) is 17.6. The maximum Gasteiger partial charge on any atom is 0.301 e. The minimum absolute atomic E-state index is 0.0261. The summed E-state index contributed by atoms with van der Waals surface area (Å²) in [5, 5.41) is 12.6. The summed E-state index contributed by atoms with van der Waals surface area (Å²) in [7, 11) is -4.24. The molecular weight excluding hydrogens is 959 g/mol. The van der Waals surface area contributed by atoms with Gasteiger partial charge in [0.25, 0.3) is 11.5 Å². The molecule has 1 spiro atoms. The van der Waals surface area contributed by atoms with E-state index in [0.717, 1.165) is 105 Å². The number of nitriles is 1. The van der Waals surface area contributed by atoms with Crippen molar-refractivity contribution in [2.75, 3.05) is 73.4 Å². The molecule has 0 saturated carbocycles. The number of aromatic nitrogens is 2. The average molecular weight is 1020 g/mol. The molecule has 11 rings (SSSR count). The quantitative estimate of drug-likeness (QED) is 0.142. The minimum Gasteiger partial charge on any atom is -0.453 e. The summed E-state index contributed by atoms with van der Waals surface area (Å²) in [5.41, 5.74) is 4.04. The molecule has 7 heterocycles. The lowest BCUT2D eigenvalue weighted by molar-refractivity contribution is -0.136. The summed E-state index contributed by atoms with van der Waals surface area (Å²) in [5.74, 6) is -1.63. The molecule has 5 saturated heterocycles. The lowest BCUT2D eigenvalue weighted by atomic mass is 9.71. The summed E-state index contributed by atoms with van der Waals surface area (Å²) in [6, 6.07) is 21.5. The van der Waals surface area contributed by atoms with Crippen LogP contribution in [0.3, 0.4) is 0 Å². The smallest absolute Gasteiger partial charge is 0.301 e. The molecule has 17 nitrogen and oxygen atoms in total. The lowest BCUT2D eigenvalue weighted by Crippen LogP contribution is -2.52. The van der Waals surface area contributed by atoms with Crippen molar-refractivity contribution >= 4 is 55.9 Å². The summed E-state index contributed by atoms with van der Waals surface area (Å²) in [6.45, 7) is 7.17. The maximum atomic E-state index is 15.2. The van der Waals surface area contributed by atoms with Crippen LogP contribution in [0.15, 0.2) is 83.9 Å². The number of imide groups is 1. The van der Waals surface area contributed by atoms with E-state index in [1.54, 1.807) is 11.0 Å². The number of likely N-dealkylation sites (tertiary alicyclic amines) is 1. The number of carbonyl (C=O) groups excluding carboxylic acids is 3. The molecule has 4 aromatic carbocycles. The Morgan fingerprint density at radius 2 is 1.53 bits per heavy atom. The normalized spacial score (nSPS) is 21.9. The summed E-state index contributed by atoms with van der Waals surface area (Å²) >= 11 is 0. The number of ether oxygens (including phenoxy) is 1. The van der Waals surface area contributed by atoms with Crippen LogP contribution in [0.4, 0.5) is 25.8 Å². The van der Waals surface area contributed by atoms with Crippen molar-refractivity contribution in [3.63, 3.8) is 0 Å². The van der Waals surface area contributed by atoms with Gasteiger partial charge in [0.15, 0.2) is 11.6 Å². The van der Waals surface area contributed by atoms with Gasteiger partial charge in [-0.05, 0) is 154 Å². The molecule has 73 heavy (non-hydrogen) atoms. The first-order chi connectivity index (χ1) is 35.2. The van der Waals surface area contributed by atoms with Gasteiger partial charge in [-0.2, -0.15) is 18.0 Å². The second-order valence-corrected chi connectivity index (χ2v) is 22.1. The summed E-state index contributed by atoms with van der Waals surface area (Å²) < 4.78 is 65.4. The van der Waals surface area contributed by atoms with Gasteiger partial charge in [-0.3, -0.25) is 33.8 Å². The Morgan fingerprint density at radius 1 is 0.822 bits per heavy atom. The van der Waals surface area contributed by atoms with Crippen molar-refractivity contribution in [2.24, 2.45) is 11.3 Å². The molecule has 6 aliphatic rings. The number of anilines is 3. The molecule has 20 heteroatoms. The van der Waals surface area contributed by atoms with Crippen LogP contribution < -0.4 is 30.1 Å². The van der Waals surface area contributed by atoms with E-state index in [1.165, 1.54) is 35.9 Å². The Hall–Kier alpha value is -6.95. The van der Waals surface area contributed by atoms with E-state index >= 15 is 4.39 Å². The lowest BCUT2D eigenvalue weighted by Gasteiger charge is -2.48. The van der Waals surface area contributed by atoms with Crippen LogP contribution in [-0.2, 0) is 26.3 Å². The van der Waals surface area contributed by atoms with Gasteiger partial charge in [-0.15, -0.1) is 0 Å². The van der Waals surface area contributed by atoms with E-state index in [-0.39, 0.29) is 54.6 Å². The van der Waals surface area contributed by atoms with Crippen molar-refractivity contribution in [1.29, 1.82) is 5.26 Å². The fourth-order valence-electron chi connectivity index (χ4n) is 11.7. The number of hydrogen-bond donors (Lipinski definition) is 2. The number of fused-ring (bicyclic) bond motifs is 2. The number of carbonyl (C=O) groups is 3. The Kier molecular flexibility index (Phi) is 12.9. The zero-order chi connectivity index (χ0) is 50.6. The fourth-order valence-corrected chi connectivity index (χ4v) is 13.0. The molecule has 0 aliphatic carbocycles. The predicted molar refractivity (Wildman–Crippen MR) is 269 cm³/mol. The predicted octanol–water partition coefficient (Wildman–Crippen LogP) is 6.25. The van der Waals surface area contributed by atoms with Crippen molar-refractivity contribution in [3.8, 4) is 23.3 Å². The molecule has 5 fully saturated rings. The summed E-state index contributed by atoms with van der Waals surface area (Å²) in [6.07, 6.45) is 7.64. The third kappa shape index (κ3) is 9.61. The first kappa shape index (κ1) is 48.3. The maximum absolute atomic E-state index is 15.2. The number of alkyl halides is 1. The van der Waals surface area contributed by atoms with Crippen LogP contribution in [0.25, 0.3) is 16.6 Å². The van der Waals surface area contributed by atoms with E-state index < -0.39 is 51.0 Å². The number of nitrogens with zero attached hydrogens (tertiary/aromatic N) is 8. The van der Waals surface area contributed by atoms with Crippen LogP contribution >= 0.6 is 0 Å². The van der Waals surface area contributed by atoms with Crippen molar-refractivity contribution in [1.82, 2.24) is 29.0 Å². The van der Waals surface area contributed by atoms with Gasteiger partial charge in [0.1, 0.15) is 35.9 Å². The zero-order valence-electron chi connectivity index (χ0n) is 40.3. The Balaban J connectivity index is 0.664. The van der Waals surface area contributed by atoms with Gasteiger partial charge in [0, 0.05) is 75.7 Å². The molecule has 6 aliphatic heterocycles. The van der Waals surface area contributed by atoms with Gasteiger partial charge >= 0.3 is 10.2 Å². The number of rotatable bonds is 11. The largest absolute Gasteiger partial charge is 0.453 e. The van der Waals surface area contributed by atoms with Crippen molar-refractivity contribution < 1.29 is 36.3 Å². The number of halogens is 2. The number of nitrogens with one attached hydrogen (secondary N) is 2. The topological polar surface area (TPSA) is 194 Å². The van der Waals surface area contributed by atoms with Crippen LogP contribution in [0.5, 0.6) is 11.5 Å². The molecule has 2 N–H and O–H groups in total. The third-order valence-electron chi connectivity index (χ3n) is 16.1. The molecule has 1 aromatic heterocycles. The number of hydrogen-bond acceptors (Lipinski definition) is 12. The summed E-state index contributed by atoms with van der Waals surface area (Å²) in [4.78, 5) is 64.9. The van der Waals surface area contributed by atoms with Crippen LogP contribution in [-0.4, -0.2) is 121 Å². The fraction of sp³-hybridized carbons (Fsp3) is 0.434. The first-order valence-electron chi connectivity index (χ1n) is 25.2. The molecule has 5 aromatic rings. The van der Waals surface area contributed by atoms with Crippen LogP contribution in [0, 0.1) is 28.5 Å². The van der Waals surface area contributed by atoms with Crippen molar-refractivity contribution in [2.45, 2.75) is 76.5 Å². The highest BCUT2D eigenvalue weighted by molar-refractivity contribution is 7.90. The highest BCUT2D eigenvalue weighted by atomic mass is 32.2. The molecular formula is C53H56F2N10O7S. The standard InChI is InChI=1S/C53H56F2N10O7S/c54-36-15-22-63(32-36)73(70,71)59-46-10-8-44(55)49(43(46)29-56)72-40-6-9-45-42(28-40)52(69)65(33-57-45)38-3-1-37(2-4-38)62-25-18-53(19-26-62)16-23-60(24-17-53)30-34-13-20-61(21-14-34)39-5-7-41-35(27-39)31-64(51(41)68)47-11-12-48(66)58-50(47)67/h1-10,27-28,33-34,36,47,59H,11-26,30-32H2,(H,58,66,67)/t36-,47-/m1/s1. The van der Waals surface area contributed by atoms with Gasteiger partial charge in [0.05, 0.1) is 22.3 Å². The highest BCUT2D eigenvalue weighted by Crippen LogP contribution is 2.43. The molecule has 3 amide bonds. The van der Waals surface area contributed by atoms with Gasteiger partial charge in [0.2, 0.25) is 11.8 Å². The average Bonchev–Trinajstić information content (AvgIpc) is 3.99. The Morgan fingerprint density at radius 3 is 2.25 bits per heavy atom. The molecule has 0 bridgehead atoms. The SMILES string of the molecule is N#Cc1c(NS(=O)(=O)N2CC[C@@H](F)C2)ccc(F)c1Oc1ccc2ncn(-c3ccc(N4CCC5(CCN(CC6CCN(c7ccc8c(c7)CN([C@@H]7CCC(=O)NC7=O)C8=O)CC6)CC5)CC4)cc3)c(=O)c2c1. The molecule has 0 radical (unpaired) electrons. The molecule has 380 valence electrons. The van der Waals surface area contributed by atoms with Gasteiger partial charge in [-0.25, -0.2) is 13.8 Å². The first-order valence-corrected chi connectivity index (χ1v) is 26.6. The Labute approximate surface area is 421 Å². The van der Waals surface area contributed by atoms with Gasteiger partial charge < -0.3 is 24.3 Å². The van der Waals surface area contributed by atoms with Gasteiger partial charge in [-0.1, -0.05) is 0 Å². The number of piperidine rings is 4. The second kappa shape index (κ2) is 19.5. The van der Waals surface area contributed by atoms with E-state index in [4.69, 9.17) is 4.74 Å². The molecule has 0 unspecified atom stereocenters. The van der Waals surface area contributed by atoms with E-state index in [2.05, 4.69) is 35.8 Å².